The van der Waals surface area contributed by atoms with Crippen LogP contribution in [0.4, 0.5) is 0 Å². The van der Waals surface area contributed by atoms with Crippen LogP contribution in [-0.4, -0.2) is 10.8 Å². The van der Waals surface area contributed by atoms with Crippen LogP contribution in [0.2, 0.25) is 0 Å². The van der Waals surface area contributed by atoms with Gasteiger partial charge in [0.1, 0.15) is 17.9 Å². The maximum absolute atomic E-state index is 11.3. The number of hydrogen-bond acceptors (Lipinski definition) is 4. The van der Waals surface area contributed by atoms with Crippen LogP contribution in [0.1, 0.15) is 23.0 Å². The van der Waals surface area contributed by atoms with Gasteiger partial charge in [-0.2, -0.15) is 0 Å². The lowest BCUT2D eigenvalue weighted by Crippen LogP contribution is -1.95. The van der Waals surface area contributed by atoms with Gasteiger partial charge in [-0.25, -0.2) is 0 Å². The number of ketones is 1. The Hall–Kier alpha value is -2.62. The lowest BCUT2D eigenvalue weighted by atomic mass is 10.2. The maximum Gasteiger partial charge on any atom is 0.194 e. The minimum Gasteiger partial charge on any atom is -0.489 e. The Morgan fingerprint density at radius 2 is 2.20 bits per heavy atom. The van der Waals surface area contributed by atoms with Gasteiger partial charge in [0.2, 0.25) is 0 Å². The summed E-state index contributed by atoms with van der Waals surface area (Å²) in [4.78, 5) is 15.3. The Labute approximate surface area is 116 Å². The number of nitrogens with zero attached hydrogens (tertiary/aromatic N) is 1. The highest BCUT2D eigenvalue weighted by molar-refractivity contribution is 5.96. The van der Waals surface area contributed by atoms with Crippen molar-refractivity contribution in [3.63, 3.8) is 0 Å². The number of hydrogen-bond donors (Lipinski definition) is 0. The van der Waals surface area contributed by atoms with Crippen LogP contribution in [0.5, 0.6) is 5.75 Å². The SMILES string of the molecule is CC(=O)c1cc2cc(OCc3cccnc3)ccc2o1. The fourth-order valence-electron chi connectivity index (χ4n) is 1.93. The molecule has 1 aromatic carbocycles. The van der Waals surface area contributed by atoms with Gasteiger partial charge in [0.15, 0.2) is 11.5 Å². The van der Waals surface area contributed by atoms with Crippen molar-refractivity contribution >= 4 is 16.8 Å². The molecule has 0 unspecified atom stereocenters. The van der Waals surface area contributed by atoms with E-state index in [4.69, 9.17) is 9.15 Å². The Balaban J connectivity index is 1.80. The predicted molar refractivity (Wildman–Crippen MR) is 74.8 cm³/mol. The molecule has 0 atom stereocenters. The third kappa shape index (κ3) is 2.54. The van der Waals surface area contributed by atoms with Gasteiger partial charge >= 0.3 is 0 Å². The molecule has 4 nitrogen and oxygen atoms in total. The molecule has 0 spiro atoms. The lowest BCUT2D eigenvalue weighted by Gasteiger charge is -2.05. The van der Waals surface area contributed by atoms with Gasteiger partial charge in [-0.15, -0.1) is 0 Å². The van der Waals surface area contributed by atoms with Gasteiger partial charge in [0.05, 0.1) is 0 Å². The third-order valence-corrected chi connectivity index (χ3v) is 2.96. The molecule has 0 fully saturated rings. The van der Waals surface area contributed by atoms with Crippen LogP contribution >= 0.6 is 0 Å². The molecule has 20 heavy (non-hydrogen) atoms. The van der Waals surface area contributed by atoms with Crippen LogP contribution in [0.15, 0.2) is 53.2 Å². The van der Waals surface area contributed by atoms with E-state index in [-0.39, 0.29) is 5.78 Å². The molecular formula is C16H13NO3. The van der Waals surface area contributed by atoms with Crippen molar-refractivity contribution < 1.29 is 13.9 Å². The smallest absolute Gasteiger partial charge is 0.194 e. The van der Waals surface area contributed by atoms with Crippen molar-refractivity contribution in [3.8, 4) is 5.75 Å². The molecule has 0 aliphatic rings. The molecule has 0 saturated carbocycles. The van der Waals surface area contributed by atoms with E-state index in [0.717, 1.165) is 16.7 Å². The topological polar surface area (TPSA) is 52.3 Å². The summed E-state index contributed by atoms with van der Waals surface area (Å²) in [7, 11) is 0. The van der Waals surface area contributed by atoms with Gasteiger partial charge < -0.3 is 9.15 Å². The van der Waals surface area contributed by atoms with Crippen molar-refractivity contribution in [1.29, 1.82) is 0 Å². The second-order valence-electron chi connectivity index (χ2n) is 4.52. The molecule has 0 radical (unpaired) electrons. The zero-order chi connectivity index (χ0) is 13.9. The molecule has 100 valence electrons. The van der Waals surface area contributed by atoms with E-state index in [2.05, 4.69) is 4.98 Å². The summed E-state index contributed by atoms with van der Waals surface area (Å²) in [6, 6.07) is 11.1. The average Bonchev–Trinajstić information content (AvgIpc) is 2.89. The largest absolute Gasteiger partial charge is 0.489 e. The molecule has 0 saturated heterocycles. The van der Waals surface area contributed by atoms with Crippen LogP contribution in [0, 0.1) is 0 Å². The quantitative estimate of drug-likeness (QED) is 0.677. The number of carbonyl (C=O) groups is 1. The number of furan rings is 1. The standard InChI is InChI=1S/C16H13NO3/c1-11(18)16-8-13-7-14(4-5-15(13)20-16)19-10-12-3-2-6-17-9-12/h2-9H,10H2,1H3. The molecule has 0 aliphatic carbocycles. The second kappa shape index (κ2) is 5.17. The molecule has 0 N–H and O–H groups in total. The highest BCUT2D eigenvalue weighted by Crippen LogP contribution is 2.25. The zero-order valence-electron chi connectivity index (χ0n) is 11.0. The first kappa shape index (κ1) is 12.4. The van der Waals surface area contributed by atoms with Crippen LogP contribution in [0.25, 0.3) is 11.0 Å². The second-order valence-corrected chi connectivity index (χ2v) is 4.52. The van der Waals surface area contributed by atoms with Gasteiger partial charge in [0.25, 0.3) is 0 Å². The normalized spacial score (nSPS) is 10.7. The minimum absolute atomic E-state index is 0.0842. The van der Waals surface area contributed by atoms with Gasteiger partial charge in [-0.3, -0.25) is 9.78 Å². The summed E-state index contributed by atoms with van der Waals surface area (Å²) in [5, 5.41) is 0.860. The van der Waals surface area contributed by atoms with Gasteiger partial charge in [-0.05, 0) is 30.3 Å². The summed E-state index contributed by atoms with van der Waals surface area (Å²) in [5.74, 6) is 1.01. The maximum atomic E-state index is 11.3. The summed E-state index contributed by atoms with van der Waals surface area (Å²) in [5.41, 5.74) is 1.69. The zero-order valence-corrected chi connectivity index (χ0v) is 11.0. The summed E-state index contributed by atoms with van der Waals surface area (Å²) in [6.45, 7) is 1.94. The van der Waals surface area contributed by atoms with Crippen LogP contribution in [-0.2, 0) is 6.61 Å². The fourth-order valence-corrected chi connectivity index (χ4v) is 1.93. The first-order valence-electron chi connectivity index (χ1n) is 6.28. The molecule has 0 amide bonds. The van der Waals surface area contributed by atoms with Crippen molar-refractivity contribution in [2.75, 3.05) is 0 Å². The van der Waals surface area contributed by atoms with Crippen LogP contribution in [0.3, 0.4) is 0 Å². The fraction of sp³-hybridized carbons (Fsp3) is 0.125. The van der Waals surface area contributed by atoms with E-state index in [1.165, 1.54) is 6.92 Å². The number of aromatic nitrogens is 1. The number of benzene rings is 1. The number of Topliss-reactive ketones (excluding diaryl/α,β-unsaturated/α-hetero) is 1. The first-order chi connectivity index (χ1) is 9.72. The number of fused-ring (bicyclic) bond motifs is 1. The minimum atomic E-state index is -0.0842. The summed E-state index contributed by atoms with van der Waals surface area (Å²) in [6.07, 6.45) is 3.49. The molecule has 0 bridgehead atoms. The number of pyridine rings is 1. The summed E-state index contributed by atoms with van der Waals surface area (Å²) < 4.78 is 11.1. The van der Waals surface area contributed by atoms with E-state index in [0.29, 0.717) is 18.0 Å². The number of rotatable bonds is 4. The van der Waals surface area contributed by atoms with E-state index in [1.54, 1.807) is 24.5 Å². The Kier molecular flexibility index (Phi) is 3.21. The molecular weight excluding hydrogens is 254 g/mol. The molecule has 3 rings (SSSR count). The van der Waals surface area contributed by atoms with Crippen molar-refractivity contribution in [2.45, 2.75) is 13.5 Å². The van der Waals surface area contributed by atoms with Crippen LogP contribution < -0.4 is 4.74 Å². The highest BCUT2D eigenvalue weighted by Gasteiger charge is 2.08. The van der Waals surface area contributed by atoms with Gasteiger partial charge in [0, 0.05) is 30.3 Å². The van der Waals surface area contributed by atoms with Crippen molar-refractivity contribution in [3.05, 3.63) is 60.1 Å². The van der Waals surface area contributed by atoms with E-state index in [1.807, 2.05) is 24.3 Å². The molecule has 0 aliphatic heterocycles. The first-order valence-corrected chi connectivity index (χ1v) is 6.28. The molecule has 4 heteroatoms. The Morgan fingerprint density at radius 3 is 2.95 bits per heavy atom. The number of ether oxygens (including phenoxy) is 1. The van der Waals surface area contributed by atoms with Crippen molar-refractivity contribution in [2.24, 2.45) is 0 Å². The lowest BCUT2D eigenvalue weighted by molar-refractivity contribution is 0.0989. The molecule has 2 aromatic heterocycles. The molecule has 3 aromatic rings. The van der Waals surface area contributed by atoms with E-state index < -0.39 is 0 Å². The van der Waals surface area contributed by atoms with E-state index >= 15 is 0 Å². The highest BCUT2D eigenvalue weighted by atomic mass is 16.5. The monoisotopic (exact) mass is 267 g/mol. The predicted octanol–water partition coefficient (Wildman–Crippen LogP) is 3.61. The molecule has 2 heterocycles. The average molecular weight is 267 g/mol. The Bertz CT molecular complexity index is 747. The van der Waals surface area contributed by atoms with Gasteiger partial charge in [-0.1, -0.05) is 6.07 Å². The van der Waals surface area contributed by atoms with E-state index in [9.17, 15) is 4.79 Å². The number of carbonyl (C=O) groups excluding carboxylic acids is 1. The summed E-state index contributed by atoms with van der Waals surface area (Å²) >= 11 is 0. The Morgan fingerprint density at radius 1 is 1.30 bits per heavy atom. The third-order valence-electron chi connectivity index (χ3n) is 2.96. The van der Waals surface area contributed by atoms with Crippen molar-refractivity contribution in [1.82, 2.24) is 4.98 Å².